The zero-order valence-electron chi connectivity index (χ0n) is 12.4. The fraction of sp³-hybridized carbons (Fsp3) is 0.692. The van der Waals surface area contributed by atoms with Gasteiger partial charge in [-0.25, -0.2) is 0 Å². The average molecular weight is 313 g/mol. The van der Waals surface area contributed by atoms with Crippen LogP contribution in [0.3, 0.4) is 0 Å². The van der Waals surface area contributed by atoms with Crippen molar-refractivity contribution in [3.05, 3.63) is 5.28 Å². The molecule has 0 saturated carbocycles. The minimum atomic E-state index is -0.431. The van der Waals surface area contributed by atoms with Gasteiger partial charge in [-0.15, -0.1) is 0 Å². The van der Waals surface area contributed by atoms with Crippen LogP contribution < -0.4 is 15.5 Å². The zero-order valence-corrected chi connectivity index (χ0v) is 13.2. The van der Waals surface area contributed by atoms with Gasteiger partial charge in [-0.3, -0.25) is 4.79 Å². The minimum Gasteiger partial charge on any atom is -0.368 e. The third-order valence-corrected chi connectivity index (χ3v) is 3.60. The summed E-state index contributed by atoms with van der Waals surface area (Å²) in [6.45, 7) is 5.77. The Kier molecular flexibility index (Phi) is 5.17. The topological polar surface area (TPSA) is 88.2 Å². The van der Waals surface area contributed by atoms with E-state index in [0.29, 0.717) is 11.9 Å². The van der Waals surface area contributed by atoms with Crippen molar-refractivity contribution in [1.29, 1.82) is 0 Å². The Balaban J connectivity index is 2.29. The molecule has 2 rings (SSSR count). The third kappa shape index (κ3) is 4.17. The van der Waals surface area contributed by atoms with Gasteiger partial charge in [0.05, 0.1) is 6.54 Å². The number of nitrogens with two attached hydrogens (primary N) is 1. The number of nitrogens with zero attached hydrogens (tertiary/aromatic N) is 5. The monoisotopic (exact) mass is 312 g/mol. The highest BCUT2D eigenvalue weighted by Gasteiger charge is 2.21. The molecule has 1 aliphatic heterocycles. The van der Waals surface area contributed by atoms with Crippen LogP contribution in [0, 0.1) is 0 Å². The number of hydrogen-bond acceptors (Lipinski definition) is 6. The smallest absolute Gasteiger partial charge is 0.237 e. The molecule has 0 aromatic carbocycles. The van der Waals surface area contributed by atoms with Crippen molar-refractivity contribution in [2.24, 2.45) is 5.73 Å². The first-order chi connectivity index (χ1) is 9.97. The first-order valence-corrected chi connectivity index (χ1v) is 7.56. The molecule has 0 aliphatic carbocycles. The van der Waals surface area contributed by atoms with E-state index in [2.05, 4.69) is 19.9 Å². The number of piperidine rings is 1. The van der Waals surface area contributed by atoms with Gasteiger partial charge in [0.1, 0.15) is 0 Å². The van der Waals surface area contributed by atoms with E-state index >= 15 is 0 Å². The van der Waals surface area contributed by atoms with Crippen molar-refractivity contribution >= 4 is 29.4 Å². The molecule has 0 unspecified atom stereocenters. The second-order valence-electron chi connectivity index (χ2n) is 5.44. The number of aromatic nitrogens is 3. The van der Waals surface area contributed by atoms with Crippen molar-refractivity contribution in [3.8, 4) is 0 Å². The molecule has 0 radical (unpaired) electrons. The van der Waals surface area contributed by atoms with Gasteiger partial charge >= 0.3 is 0 Å². The molecule has 1 amide bonds. The van der Waals surface area contributed by atoms with E-state index < -0.39 is 5.91 Å². The molecule has 1 aromatic heterocycles. The molecular formula is C13H21ClN6O. The van der Waals surface area contributed by atoms with Gasteiger partial charge in [0.25, 0.3) is 0 Å². The lowest BCUT2D eigenvalue weighted by atomic mass is 10.1. The van der Waals surface area contributed by atoms with E-state index in [9.17, 15) is 4.79 Å². The normalized spacial score (nSPS) is 15.3. The Labute approximate surface area is 129 Å². The number of primary amides is 1. The summed E-state index contributed by atoms with van der Waals surface area (Å²) in [4.78, 5) is 27.9. The quantitative estimate of drug-likeness (QED) is 0.879. The number of anilines is 2. The van der Waals surface area contributed by atoms with Crippen LogP contribution in [0.25, 0.3) is 0 Å². The molecule has 7 nitrogen and oxygen atoms in total. The molecule has 0 atom stereocenters. The fourth-order valence-corrected chi connectivity index (χ4v) is 2.50. The van der Waals surface area contributed by atoms with Gasteiger partial charge in [0.15, 0.2) is 0 Å². The maximum absolute atomic E-state index is 11.2. The number of carbonyl (C=O) groups is 1. The molecule has 1 aliphatic rings. The van der Waals surface area contributed by atoms with Crippen molar-refractivity contribution < 1.29 is 4.79 Å². The SMILES string of the molecule is CC(C)N(CC(N)=O)c1nc(Cl)nc(N2CCCCC2)n1. The van der Waals surface area contributed by atoms with Crippen LogP contribution in [0.2, 0.25) is 5.28 Å². The van der Waals surface area contributed by atoms with Gasteiger partial charge in [-0.1, -0.05) is 0 Å². The number of rotatable bonds is 5. The van der Waals surface area contributed by atoms with E-state index in [4.69, 9.17) is 17.3 Å². The van der Waals surface area contributed by atoms with Crippen molar-refractivity contribution in [2.75, 3.05) is 29.4 Å². The van der Waals surface area contributed by atoms with Crippen molar-refractivity contribution in [3.63, 3.8) is 0 Å². The maximum atomic E-state index is 11.2. The molecule has 1 aromatic rings. The molecule has 1 saturated heterocycles. The first kappa shape index (κ1) is 15.8. The van der Waals surface area contributed by atoms with E-state index in [-0.39, 0.29) is 17.9 Å². The number of carbonyl (C=O) groups excluding carboxylic acids is 1. The number of amides is 1. The van der Waals surface area contributed by atoms with E-state index in [1.807, 2.05) is 13.8 Å². The van der Waals surface area contributed by atoms with Crippen LogP contribution in [-0.4, -0.2) is 46.5 Å². The lowest BCUT2D eigenvalue weighted by Gasteiger charge is -2.29. The Hall–Kier alpha value is -1.63. The maximum Gasteiger partial charge on any atom is 0.237 e. The van der Waals surface area contributed by atoms with Crippen LogP contribution in [0.1, 0.15) is 33.1 Å². The van der Waals surface area contributed by atoms with Crippen LogP contribution >= 0.6 is 11.6 Å². The Morgan fingerprint density at radius 1 is 1.29 bits per heavy atom. The third-order valence-electron chi connectivity index (χ3n) is 3.43. The van der Waals surface area contributed by atoms with Crippen molar-refractivity contribution in [1.82, 2.24) is 15.0 Å². The first-order valence-electron chi connectivity index (χ1n) is 7.19. The molecule has 0 spiro atoms. The summed E-state index contributed by atoms with van der Waals surface area (Å²) in [5.74, 6) is 0.531. The Bertz CT molecular complexity index is 503. The highest BCUT2D eigenvalue weighted by molar-refractivity contribution is 6.28. The van der Waals surface area contributed by atoms with E-state index in [0.717, 1.165) is 25.9 Å². The Morgan fingerprint density at radius 3 is 2.52 bits per heavy atom. The number of halogens is 1. The van der Waals surface area contributed by atoms with Gasteiger partial charge < -0.3 is 15.5 Å². The summed E-state index contributed by atoms with van der Waals surface area (Å²) in [5, 5.41) is 0.135. The van der Waals surface area contributed by atoms with E-state index in [1.54, 1.807) is 4.90 Å². The minimum absolute atomic E-state index is 0.0326. The summed E-state index contributed by atoms with van der Waals surface area (Å²) < 4.78 is 0. The van der Waals surface area contributed by atoms with Gasteiger partial charge in [-0.05, 0) is 44.7 Å². The molecular weight excluding hydrogens is 292 g/mol. The van der Waals surface area contributed by atoms with Crippen LogP contribution in [-0.2, 0) is 4.79 Å². The number of hydrogen-bond donors (Lipinski definition) is 1. The fourth-order valence-electron chi connectivity index (χ4n) is 2.35. The highest BCUT2D eigenvalue weighted by Crippen LogP contribution is 2.21. The summed E-state index contributed by atoms with van der Waals surface area (Å²) in [5.41, 5.74) is 5.29. The Morgan fingerprint density at radius 2 is 1.95 bits per heavy atom. The lowest BCUT2D eigenvalue weighted by Crippen LogP contribution is -2.40. The predicted molar refractivity (Wildman–Crippen MR) is 82.6 cm³/mol. The molecule has 0 bridgehead atoms. The second kappa shape index (κ2) is 6.89. The van der Waals surface area contributed by atoms with E-state index in [1.165, 1.54) is 6.42 Å². The van der Waals surface area contributed by atoms with Crippen molar-refractivity contribution in [2.45, 2.75) is 39.2 Å². The van der Waals surface area contributed by atoms with Gasteiger partial charge in [0, 0.05) is 19.1 Å². The molecule has 21 heavy (non-hydrogen) atoms. The summed E-state index contributed by atoms with van der Waals surface area (Å²) in [6.07, 6.45) is 3.46. The molecule has 8 heteroatoms. The lowest BCUT2D eigenvalue weighted by molar-refractivity contribution is -0.116. The van der Waals surface area contributed by atoms with Crippen LogP contribution in [0.5, 0.6) is 0 Å². The molecule has 116 valence electrons. The standard InChI is InChI=1S/C13H21ClN6O/c1-9(2)20(8-10(15)21)13-17-11(14)16-12(18-13)19-6-4-3-5-7-19/h9H,3-8H2,1-2H3,(H2,15,21). The second-order valence-corrected chi connectivity index (χ2v) is 5.78. The molecule has 2 heterocycles. The zero-order chi connectivity index (χ0) is 15.4. The predicted octanol–water partition coefficient (Wildman–Crippen LogP) is 1.22. The molecule has 1 fully saturated rings. The van der Waals surface area contributed by atoms with Gasteiger partial charge in [-0.2, -0.15) is 15.0 Å². The van der Waals surface area contributed by atoms with Gasteiger partial charge in [0.2, 0.25) is 23.1 Å². The summed E-state index contributed by atoms with van der Waals surface area (Å²) in [6, 6.07) is 0.0326. The summed E-state index contributed by atoms with van der Waals surface area (Å²) >= 11 is 6.02. The van der Waals surface area contributed by atoms with Crippen LogP contribution in [0.4, 0.5) is 11.9 Å². The molecule has 2 N–H and O–H groups in total. The highest BCUT2D eigenvalue weighted by atomic mass is 35.5. The average Bonchev–Trinajstić information content (AvgIpc) is 2.44. The largest absolute Gasteiger partial charge is 0.368 e. The summed E-state index contributed by atoms with van der Waals surface area (Å²) in [7, 11) is 0. The van der Waals surface area contributed by atoms with Crippen LogP contribution in [0.15, 0.2) is 0 Å².